The molecule has 0 aromatic heterocycles. The second kappa shape index (κ2) is 8.46. The van der Waals surface area contributed by atoms with Crippen molar-refractivity contribution in [2.75, 3.05) is 38.3 Å². The molecule has 140 valence electrons. The fourth-order valence-electron chi connectivity index (χ4n) is 2.98. The minimum atomic E-state index is -0.434. The number of methoxy groups -OCH3 is 1. The molecule has 2 aromatic carbocycles. The van der Waals surface area contributed by atoms with E-state index in [1.54, 1.807) is 18.2 Å². The molecule has 1 aliphatic heterocycles. The molecule has 0 unspecified atom stereocenters. The van der Waals surface area contributed by atoms with Crippen molar-refractivity contribution in [2.24, 2.45) is 0 Å². The highest BCUT2D eigenvalue weighted by molar-refractivity contribution is 5.97. The van der Waals surface area contributed by atoms with Gasteiger partial charge in [-0.05, 0) is 29.8 Å². The van der Waals surface area contributed by atoms with E-state index in [0.29, 0.717) is 18.8 Å². The molecule has 0 saturated carbocycles. The molecule has 0 amide bonds. The van der Waals surface area contributed by atoms with Crippen LogP contribution in [0.15, 0.2) is 42.5 Å². The first-order chi connectivity index (χ1) is 13.1. The molecule has 7 heteroatoms. The Morgan fingerprint density at radius 1 is 1.15 bits per heavy atom. The number of nitro benzene ring substituents is 1. The van der Waals surface area contributed by atoms with E-state index in [2.05, 4.69) is 4.90 Å². The summed E-state index contributed by atoms with van der Waals surface area (Å²) < 4.78 is 10.3. The van der Waals surface area contributed by atoms with Crippen molar-refractivity contribution in [3.63, 3.8) is 0 Å². The summed E-state index contributed by atoms with van der Waals surface area (Å²) in [7, 11) is 1.35. The maximum Gasteiger partial charge on any atom is 0.338 e. The van der Waals surface area contributed by atoms with Crippen molar-refractivity contribution in [3.05, 3.63) is 69.3 Å². The number of anilines is 1. The molecule has 0 aliphatic carbocycles. The molecule has 0 radical (unpaired) electrons. The maximum atomic E-state index is 12.2. The second-order valence-corrected chi connectivity index (χ2v) is 6.01. The molecule has 7 nitrogen and oxygen atoms in total. The third-order valence-electron chi connectivity index (χ3n) is 4.39. The summed E-state index contributed by atoms with van der Waals surface area (Å²) in [5, 5.41) is 10.8. The highest BCUT2D eigenvalue weighted by Gasteiger charge is 2.19. The van der Waals surface area contributed by atoms with E-state index in [-0.39, 0.29) is 5.69 Å². The van der Waals surface area contributed by atoms with E-state index < -0.39 is 10.9 Å². The first kappa shape index (κ1) is 18.6. The van der Waals surface area contributed by atoms with E-state index >= 15 is 0 Å². The number of rotatable bonds is 5. The molecule has 1 aliphatic rings. The van der Waals surface area contributed by atoms with Gasteiger partial charge in [0.25, 0.3) is 5.69 Å². The van der Waals surface area contributed by atoms with Crippen LogP contribution in [0.3, 0.4) is 0 Å². The minimum Gasteiger partial charge on any atom is -0.465 e. The molecule has 1 fully saturated rings. The Balaban J connectivity index is 1.97. The van der Waals surface area contributed by atoms with Crippen molar-refractivity contribution in [1.82, 2.24) is 0 Å². The van der Waals surface area contributed by atoms with Crippen molar-refractivity contribution in [3.8, 4) is 0 Å². The van der Waals surface area contributed by atoms with E-state index in [9.17, 15) is 14.9 Å². The summed E-state index contributed by atoms with van der Waals surface area (Å²) in [6.45, 7) is 2.74. The molecule has 0 spiro atoms. The molecule has 0 bridgehead atoms. The molecule has 1 heterocycles. The standard InChI is InChI=1S/C20H20N2O5/c1-26-20(23)18-3-2-4-19(21-11-13-27-14-12-21)17(18)10-7-15-5-8-16(9-6-15)22(24)25/h2-10H,11-14H2,1H3/b10-7+. The first-order valence-corrected chi connectivity index (χ1v) is 8.56. The Hall–Kier alpha value is -3.19. The first-order valence-electron chi connectivity index (χ1n) is 8.56. The van der Waals surface area contributed by atoms with Gasteiger partial charge in [0, 0.05) is 36.5 Å². The lowest BCUT2D eigenvalue weighted by atomic mass is 10.0. The smallest absolute Gasteiger partial charge is 0.338 e. The average molecular weight is 368 g/mol. The summed E-state index contributed by atoms with van der Waals surface area (Å²) in [6, 6.07) is 11.8. The Bertz CT molecular complexity index is 855. The van der Waals surface area contributed by atoms with E-state index in [0.717, 1.165) is 29.9 Å². The lowest BCUT2D eigenvalue weighted by Gasteiger charge is -2.30. The molecule has 2 aromatic rings. The number of non-ortho nitro benzene ring substituents is 1. The normalized spacial score (nSPS) is 14.3. The van der Waals surface area contributed by atoms with Gasteiger partial charge in [0.1, 0.15) is 0 Å². The van der Waals surface area contributed by atoms with Gasteiger partial charge < -0.3 is 14.4 Å². The number of nitrogens with zero attached hydrogens (tertiary/aromatic N) is 2. The maximum absolute atomic E-state index is 12.2. The summed E-state index contributed by atoms with van der Waals surface area (Å²) in [4.78, 5) is 24.7. The van der Waals surface area contributed by atoms with Crippen LogP contribution >= 0.6 is 0 Å². The van der Waals surface area contributed by atoms with Gasteiger partial charge in [-0.15, -0.1) is 0 Å². The number of carbonyl (C=O) groups excluding carboxylic acids is 1. The Labute approximate surface area is 157 Å². The van der Waals surface area contributed by atoms with Crippen LogP contribution in [-0.2, 0) is 9.47 Å². The van der Waals surface area contributed by atoms with E-state index in [1.165, 1.54) is 19.2 Å². The number of hydrogen-bond donors (Lipinski definition) is 0. The highest BCUT2D eigenvalue weighted by Crippen LogP contribution is 2.28. The molecular formula is C20H20N2O5. The van der Waals surface area contributed by atoms with Crippen LogP contribution < -0.4 is 4.90 Å². The molecule has 1 saturated heterocycles. The van der Waals surface area contributed by atoms with Gasteiger partial charge in [0.15, 0.2) is 0 Å². The highest BCUT2D eigenvalue weighted by atomic mass is 16.6. The van der Waals surface area contributed by atoms with Crippen LogP contribution in [0.25, 0.3) is 12.2 Å². The largest absolute Gasteiger partial charge is 0.465 e. The topological polar surface area (TPSA) is 81.9 Å². The van der Waals surface area contributed by atoms with Crippen LogP contribution in [0.2, 0.25) is 0 Å². The van der Waals surface area contributed by atoms with Crippen LogP contribution in [0, 0.1) is 10.1 Å². The number of morpholine rings is 1. The third-order valence-corrected chi connectivity index (χ3v) is 4.39. The fourth-order valence-corrected chi connectivity index (χ4v) is 2.98. The number of ether oxygens (including phenoxy) is 2. The van der Waals surface area contributed by atoms with Crippen LogP contribution in [0.4, 0.5) is 11.4 Å². The third kappa shape index (κ3) is 4.32. The SMILES string of the molecule is COC(=O)c1cccc(N2CCOCC2)c1/C=C/c1ccc([N+](=O)[O-])cc1. The van der Waals surface area contributed by atoms with E-state index in [4.69, 9.17) is 9.47 Å². The molecule has 27 heavy (non-hydrogen) atoms. The van der Waals surface area contributed by atoms with Gasteiger partial charge in [-0.1, -0.05) is 18.2 Å². The predicted molar refractivity (Wildman–Crippen MR) is 103 cm³/mol. The monoisotopic (exact) mass is 368 g/mol. The number of hydrogen-bond acceptors (Lipinski definition) is 6. The average Bonchev–Trinajstić information content (AvgIpc) is 2.72. The van der Waals surface area contributed by atoms with Crippen molar-refractivity contribution in [1.29, 1.82) is 0 Å². The predicted octanol–water partition coefficient (Wildman–Crippen LogP) is 3.39. The van der Waals surface area contributed by atoms with Crippen LogP contribution in [0.5, 0.6) is 0 Å². The van der Waals surface area contributed by atoms with Gasteiger partial charge in [-0.2, -0.15) is 0 Å². The van der Waals surface area contributed by atoms with Gasteiger partial charge in [0.2, 0.25) is 0 Å². The lowest BCUT2D eigenvalue weighted by molar-refractivity contribution is -0.384. The van der Waals surface area contributed by atoms with Gasteiger partial charge in [-0.25, -0.2) is 4.79 Å². The second-order valence-electron chi connectivity index (χ2n) is 6.01. The number of nitro groups is 1. The number of esters is 1. The van der Waals surface area contributed by atoms with Crippen molar-refractivity contribution < 1.29 is 19.2 Å². The zero-order chi connectivity index (χ0) is 19.2. The molecule has 0 atom stereocenters. The Morgan fingerprint density at radius 2 is 1.85 bits per heavy atom. The van der Waals surface area contributed by atoms with Gasteiger partial charge in [-0.3, -0.25) is 10.1 Å². The van der Waals surface area contributed by atoms with Crippen LogP contribution in [0.1, 0.15) is 21.5 Å². The zero-order valence-corrected chi connectivity index (χ0v) is 15.0. The van der Waals surface area contributed by atoms with Gasteiger partial charge >= 0.3 is 5.97 Å². The molecule has 0 N–H and O–H groups in total. The fraction of sp³-hybridized carbons (Fsp3) is 0.250. The molecule has 3 rings (SSSR count). The summed E-state index contributed by atoms with van der Waals surface area (Å²) in [5.74, 6) is -0.409. The van der Waals surface area contributed by atoms with Gasteiger partial charge in [0.05, 0.1) is 30.8 Å². The number of benzene rings is 2. The number of carbonyl (C=O) groups is 1. The van der Waals surface area contributed by atoms with Crippen LogP contribution in [-0.4, -0.2) is 44.3 Å². The lowest BCUT2D eigenvalue weighted by Crippen LogP contribution is -2.36. The zero-order valence-electron chi connectivity index (χ0n) is 15.0. The van der Waals surface area contributed by atoms with Crippen molar-refractivity contribution >= 4 is 29.5 Å². The molecular weight excluding hydrogens is 348 g/mol. The Kier molecular flexibility index (Phi) is 5.83. The summed E-state index contributed by atoms with van der Waals surface area (Å²) in [6.07, 6.45) is 3.67. The summed E-state index contributed by atoms with van der Waals surface area (Å²) >= 11 is 0. The van der Waals surface area contributed by atoms with Crippen molar-refractivity contribution in [2.45, 2.75) is 0 Å². The summed E-state index contributed by atoms with van der Waals surface area (Å²) in [5.41, 5.74) is 2.99. The van der Waals surface area contributed by atoms with E-state index in [1.807, 2.05) is 24.3 Å². The minimum absolute atomic E-state index is 0.0381. The Morgan fingerprint density at radius 3 is 2.48 bits per heavy atom. The quantitative estimate of drug-likeness (QED) is 0.348.